The summed E-state index contributed by atoms with van der Waals surface area (Å²) in [6.45, 7) is 7.79. The van der Waals surface area contributed by atoms with Crippen molar-refractivity contribution in [2.45, 2.75) is 63.4 Å². The second-order valence-electron chi connectivity index (χ2n) is 6.00. The predicted octanol–water partition coefficient (Wildman–Crippen LogP) is 0.377. The van der Waals surface area contributed by atoms with E-state index in [0.717, 1.165) is 0 Å². The molecule has 3 heterocycles. The van der Waals surface area contributed by atoms with Crippen LogP contribution in [0.15, 0.2) is 0 Å². The fourth-order valence-corrected chi connectivity index (χ4v) is 2.71. The molecule has 0 aromatic rings. The molecule has 104 valence electrons. The van der Waals surface area contributed by atoms with E-state index < -0.39 is 29.6 Å². The fourth-order valence-electron chi connectivity index (χ4n) is 2.71. The number of aliphatic hydroxyl groups excluding tert-OH is 1. The molecule has 18 heavy (non-hydrogen) atoms. The molecule has 6 heteroatoms. The molecule has 4 atom stereocenters. The van der Waals surface area contributed by atoms with Crippen molar-refractivity contribution in [2.24, 2.45) is 0 Å². The van der Waals surface area contributed by atoms with E-state index in [2.05, 4.69) is 0 Å². The molecule has 1 spiro atoms. The third-order valence-electron chi connectivity index (χ3n) is 3.53. The lowest BCUT2D eigenvalue weighted by molar-refractivity contribution is -0.303. The fraction of sp³-hybridized carbons (Fsp3) is 1.00. The van der Waals surface area contributed by atoms with Crippen LogP contribution in [0.2, 0.25) is 0 Å². The summed E-state index contributed by atoms with van der Waals surface area (Å²) in [5.74, 6) is -2.61. The van der Waals surface area contributed by atoms with Crippen LogP contribution in [-0.4, -0.2) is 54.0 Å². The highest BCUT2D eigenvalue weighted by molar-refractivity contribution is 5.02. The van der Waals surface area contributed by atoms with Gasteiger partial charge in [0.05, 0.1) is 6.61 Å². The maximum Gasteiger partial charge on any atom is 0.224 e. The second-order valence-corrected chi connectivity index (χ2v) is 6.00. The highest BCUT2D eigenvalue weighted by atomic mass is 16.9. The maximum atomic E-state index is 10.4. The van der Waals surface area contributed by atoms with Crippen molar-refractivity contribution in [3.63, 3.8) is 0 Å². The molecule has 0 amide bonds. The van der Waals surface area contributed by atoms with Gasteiger partial charge in [0.15, 0.2) is 11.6 Å². The average molecular weight is 260 g/mol. The van der Waals surface area contributed by atoms with Crippen LogP contribution in [0.5, 0.6) is 0 Å². The van der Waals surface area contributed by atoms with Crippen molar-refractivity contribution in [3.8, 4) is 0 Å². The van der Waals surface area contributed by atoms with Crippen molar-refractivity contribution in [1.82, 2.24) is 0 Å². The molecule has 3 rings (SSSR count). The van der Waals surface area contributed by atoms with Crippen molar-refractivity contribution >= 4 is 0 Å². The number of hydrogen-bond acceptors (Lipinski definition) is 6. The molecule has 6 nitrogen and oxygen atoms in total. The van der Waals surface area contributed by atoms with E-state index in [0.29, 0.717) is 6.61 Å². The van der Waals surface area contributed by atoms with E-state index in [1.165, 1.54) is 0 Å². The third kappa shape index (κ3) is 1.88. The van der Waals surface area contributed by atoms with Crippen LogP contribution in [0, 0.1) is 0 Å². The lowest BCUT2D eigenvalue weighted by atomic mass is 10.0. The summed E-state index contributed by atoms with van der Waals surface area (Å²) in [5.41, 5.74) is 0. The lowest BCUT2D eigenvalue weighted by Gasteiger charge is -2.37. The first kappa shape index (κ1) is 12.8. The molecule has 0 radical (unpaired) electrons. The largest absolute Gasteiger partial charge is 0.385 e. The standard InChI is InChI=1S/C12H20O6/c1-10(2)14-5-7-8(17-10)9(13)12(16-7)6-15-11(3,4)18-12/h7-9,13H,5-6H2,1-4H3/t7?,8?,9-,12?/m0/s1. The number of rotatable bonds is 0. The Bertz CT molecular complexity index is 352. The van der Waals surface area contributed by atoms with Crippen molar-refractivity contribution < 1.29 is 28.8 Å². The zero-order valence-corrected chi connectivity index (χ0v) is 11.1. The molecule has 3 fully saturated rings. The monoisotopic (exact) mass is 260 g/mol. The van der Waals surface area contributed by atoms with Gasteiger partial charge in [0, 0.05) is 0 Å². The van der Waals surface area contributed by atoms with Crippen LogP contribution < -0.4 is 0 Å². The first-order valence-electron chi connectivity index (χ1n) is 6.25. The summed E-state index contributed by atoms with van der Waals surface area (Å²) < 4.78 is 28.3. The smallest absolute Gasteiger partial charge is 0.224 e. The Morgan fingerprint density at radius 3 is 2.33 bits per heavy atom. The van der Waals surface area contributed by atoms with Crippen molar-refractivity contribution in [1.29, 1.82) is 0 Å². The summed E-state index contributed by atoms with van der Waals surface area (Å²) in [6, 6.07) is 0. The van der Waals surface area contributed by atoms with E-state index in [1.807, 2.05) is 13.8 Å². The van der Waals surface area contributed by atoms with Gasteiger partial charge >= 0.3 is 0 Å². The van der Waals surface area contributed by atoms with Gasteiger partial charge in [-0.25, -0.2) is 0 Å². The summed E-state index contributed by atoms with van der Waals surface area (Å²) in [7, 11) is 0. The van der Waals surface area contributed by atoms with E-state index in [9.17, 15) is 5.11 Å². The first-order valence-corrected chi connectivity index (χ1v) is 6.25. The summed E-state index contributed by atoms with van der Waals surface area (Å²) in [6.07, 6.45) is -1.66. The van der Waals surface area contributed by atoms with Gasteiger partial charge in [-0.3, -0.25) is 0 Å². The van der Waals surface area contributed by atoms with E-state index in [4.69, 9.17) is 23.7 Å². The highest BCUT2D eigenvalue weighted by Crippen LogP contribution is 2.45. The molecular weight excluding hydrogens is 240 g/mol. The Labute approximate surface area is 106 Å². The van der Waals surface area contributed by atoms with Gasteiger partial charge in [0.25, 0.3) is 0 Å². The molecule has 0 aromatic carbocycles. The Balaban J connectivity index is 1.82. The Hall–Kier alpha value is -0.240. The first-order chi connectivity index (χ1) is 8.23. The van der Waals surface area contributed by atoms with E-state index in [1.54, 1.807) is 13.8 Å². The molecular formula is C12H20O6. The van der Waals surface area contributed by atoms with Gasteiger partial charge in [-0.1, -0.05) is 0 Å². The molecule has 0 saturated carbocycles. The Kier molecular flexibility index (Phi) is 2.59. The van der Waals surface area contributed by atoms with Gasteiger partial charge < -0.3 is 28.8 Å². The third-order valence-corrected chi connectivity index (χ3v) is 3.53. The van der Waals surface area contributed by atoms with Crippen LogP contribution >= 0.6 is 0 Å². The zero-order chi connectivity index (χ0) is 13.2. The van der Waals surface area contributed by atoms with Crippen molar-refractivity contribution in [2.75, 3.05) is 13.2 Å². The van der Waals surface area contributed by atoms with E-state index in [-0.39, 0.29) is 12.7 Å². The molecule has 1 N–H and O–H groups in total. The molecule has 0 aromatic heterocycles. The number of ether oxygens (including phenoxy) is 5. The van der Waals surface area contributed by atoms with Gasteiger partial charge in [-0.2, -0.15) is 0 Å². The molecule has 3 aliphatic rings. The molecule has 0 bridgehead atoms. The normalized spacial score (nSPS) is 49.5. The maximum absolute atomic E-state index is 10.4. The minimum Gasteiger partial charge on any atom is -0.385 e. The SMILES string of the molecule is CC1(C)OCC2OC3(COC(C)(C)O3)[C@@H](O)C2O1. The number of aliphatic hydroxyl groups is 1. The zero-order valence-electron chi connectivity index (χ0n) is 11.1. The van der Waals surface area contributed by atoms with Crippen molar-refractivity contribution in [3.05, 3.63) is 0 Å². The molecule has 0 aliphatic carbocycles. The quantitative estimate of drug-likeness (QED) is 0.679. The summed E-state index contributed by atoms with van der Waals surface area (Å²) >= 11 is 0. The van der Waals surface area contributed by atoms with Crippen LogP contribution in [0.25, 0.3) is 0 Å². The van der Waals surface area contributed by atoms with Crippen LogP contribution in [0.4, 0.5) is 0 Å². The molecule has 3 saturated heterocycles. The molecule has 3 aliphatic heterocycles. The number of fused-ring (bicyclic) bond motifs is 1. The average Bonchev–Trinajstić information content (AvgIpc) is 2.68. The minimum atomic E-state index is -1.14. The highest BCUT2D eigenvalue weighted by Gasteiger charge is 2.64. The minimum absolute atomic E-state index is 0.192. The van der Waals surface area contributed by atoms with Crippen LogP contribution in [-0.2, 0) is 23.7 Å². The van der Waals surface area contributed by atoms with Gasteiger partial charge in [-0.15, -0.1) is 0 Å². The molecule has 3 unspecified atom stereocenters. The van der Waals surface area contributed by atoms with Gasteiger partial charge in [0.2, 0.25) is 5.79 Å². The topological polar surface area (TPSA) is 66.4 Å². The number of hydrogen-bond donors (Lipinski definition) is 1. The van der Waals surface area contributed by atoms with Gasteiger partial charge in [-0.05, 0) is 27.7 Å². The second kappa shape index (κ2) is 3.65. The summed E-state index contributed by atoms with van der Waals surface area (Å²) in [4.78, 5) is 0. The van der Waals surface area contributed by atoms with E-state index >= 15 is 0 Å². The Morgan fingerprint density at radius 1 is 1.00 bits per heavy atom. The summed E-state index contributed by atoms with van der Waals surface area (Å²) in [5, 5.41) is 10.4. The lowest BCUT2D eigenvalue weighted by Crippen LogP contribution is -2.52. The van der Waals surface area contributed by atoms with Crippen LogP contribution in [0.3, 0.4) is 0 Å². The Morgan fingerprint density at radius 2 is 1.72 bits per heavy atom. The van der Waals surface area contributed by atoms with Crippen LogP contribution in [0.1, 0.15) is 27.7 Å². The van der Waals surface area contributed by atoms with Gasteiger partial charge in [0.1, 0.15) is 24.9 Å². The predicted molar refractivity (Wildman–Crippen MR) is 59.6 cm³/mol.